The number of hydrogen-bond acceptors (Lipinski definition) is 9. The van der Waals surface area contributed by atoms with Gasteiger partial charge in [-0.2, -0.15) is 5.10 Å². The van der Waals surface area contributed by atoms with Crippen molar-refractivity contribution in [1.29, 1.82) is 0 Å². The average molecular weight is 663 g/mol. The number of thiazole rings is 1. The number of fused-ring (bicyclic) bond motifs is 1. The van der Waals surface area contributed by atoms with Crippen LogP contribution in [0.2, 0.25) is 0 Å². The molecular formula is C37H34N4O6S. The van der Waals surface area contributed by atoms with Gasteiger partial charge in [0.05, 0.1) is 53.4 Å². The third kappa shape index (κ3) is 6.37. The molecule has 2 aromatic heterocycles. The third-order valence-corrected chi connectivity index (χ3v) is 8.80. The molecule has 0 saturated heterocycles. The van der Waals surface area contributed by atoms with Crippen molar-refractivity contribution >= 4 is 29.4 Å². The van der Waals surface area contributed by atoms with Crippen molar-refractivity contribution in [1.82, 2.24) is 14.3 Å². The Bertz CT molecular complexity index is 2180. The number of benzene rings is 3. The van der Waals surface area contributed by atoms with Gasteiger partial charge in [-0.3, -0.25) is 9.36 Å². The van der Waals surface area contributed by atoms with E-state index in [1.807, 2.05) is 66.9 Å². The fourth-order valence-corrected chi connectivity index (χ4v) is 6.56. The lowest BCUT2D eigenvalue weighted by molar-refractivity contribution is -0.139. The van der Waals surface area contributed by atoms with E-state index in [2.05, 4.69) is 11.9 Å². The van der Waals surface area contributed by atoms with Crippen molar-refractivity contribution in [3.05, 3.63) is 133 Å². The molecule has 244 valence electrons. The Morgan fingerprint density at radius 2 is 1.69 bits per heavy atom. The molecule has 3 heterocycles. The number of carbonyl (C=O) groups is 2. The molecule has 0 spiro atoms. The van der Waals surface area contributed by atoms with Crippen molar-refractivity contribution in [2.75, 3.05) is 20.3 Å². The third-order valence-electron chi connectivity index (χ3n) is 7.82. The number of aromatic nitrogens is 3. The molecule has 0 fully saturated rings. The van der Waals surface area contributed by atoms with Gasteiger partial charge in [0.15, 0.2) is 4.80 Å². The zero-order chi connectivity index (χ0) is 33.8. The zero-order valence-electron chi connectivity index (χ0n) is 27.0. The summed E-state index contributed by atoms with van der Waals surface area (Å²) in [4.78, 5) is 44.9. The Morgan fingerprint density at radius 1 is 0.958 bits per heavy atom. The van der Waals surface area contributed by atoms with Gasteiger partial charge in [-0.05, 0) is 80.4 Å². The summed E-state index contributed by atoms with van der Waals surface area (Å²) in [5, 5.41) is 4.92. The summed E-state index contributed by atoms with van der Waals surface area (Å²) < 4.78 is 19.8. The van der Waals surface area contributed by atoms with E-state index in [0.717, 1.165) is 29.0 Å². The molecule has 0 bridgehead atoms. The first-order valence-corrected chi connectivity index (χ1v) is 16.4. The highest BCUT2D eigenvalue weighted by Crippen LogP contribution is 2.31. The smallest absolute Gasteiger partial charge is 0.338 e. The first-order chi connectivity index (χ1) is 23.3. The van der Waals surface area contributed by atoms with E-state index >= 15 is 0 Å². The molecule has 5 aromatic rings. The SMILES string of the molecule is CCCOc1ccc(-c2nn(-c3ccccc3)cc2C=c2sc3n(c2=O)C(c2ccc(C(=O)OC)cc2)C(C(=O)OCC)=C(C)N=3)cc1. The largest absolute Gasteiger partial charge is 0.494 e. The summed E-state index contributed by atoms with van der Waals surface area (Å²) in [6.45, 7) is 6.30. The normalized spacial score (nSPS) is 14.3. The van der Waals surface area contributed by atoms with E-state index in [9.17, 15) is 14.4 Å². The van der Waals surface area contributed by atoms with E-state index in [-0.39, 0.29) is 17.7 Å². The van der Waals surface area contributed by atoms with Crippen LogP contribution in [0.4, 0.5) is 0 Å². The highest BCUT2D eigenvalue weighted by Gasteiger charge is 2.33. The second-order valence-corrected chi connectivity index (χ2v) is 12.0. The molecule has 6 rings (SSSR count). The van der Waals surface area contributed by atoms with Crippen LogP contribution in [0.15, 0.2) is 106 Å². The summed E-state index contributed by atoms with van der Waals surface area (Å²) in [5.41, 5.74) is 4.49. The fraction of sp³-hybridized carbons (Fsp3) is 0.216. The predicted octanol–water partition coefficient (Wildman–Crippen LogP) is 5.23. The van der Waals surface area contributed by atoms with Crippen LogP contribution in [0.3, 0.4) is 0 Å². The average Bonchev–Trinajstić information content (AvgIpc) is 3.67. The minimum absolute atomic E-state index is 0.161. The number of para-hydroxylation sites is 1. The number of rotatable bonds is 10. The summed E-state index contributed by atoms with van der Waals surface area (Å²) in [6, 6.07) is 23.3. The Hall–Kier alpha value is -5.55. The highest BCUT2D eigenvalue weighted by molar-refractivity contribution is 7.07. The van der Waals surface area contributed by atoms with Crippen molar-refractivity contribution in [3.8, 4) is 22.7 Å². The summed E-state index contributed by atoms with van der Waals surface area (Å²) in [5.74, 6) is -0.281. The van der Waals surface area contributed by atoms with Crippen LogP contribution in [0.5, 0.6) is 5.75 Å². The summed E-state index contributed by atoms with van der Waals surface area (Å²) in [6.07, 6.45) is 4.61. The Kier molecular flexibility index (Phi) is 9.49. The van der Waals surface area contributed by atoms with Gasteiger partial charge in [0.1, 0.15) is 11.4 Å². The zero-order valence-corrected chi connectivity index (χ0v) is 27.8. The van der Waals surface area contributed by atoms with E-state index < -0.39 is 18.0 Å². The first kappa shape index (κ1) is 32.4. The van der Waals surface area contributed by atoms with E-state index in [1.54, 1.807) is 42.8 Å². The van der Waals surface area contributed by atoms with Crippen molar-refractivity contribution in [2.24, 2.45) is 4.99 Å². The van der Waals surface area contributed by atoms with Crippen molar-refractivity contribution in [2.45, 2.75) is 33.2 Å². The second-order valence-electron chi connectivity index (χ2n) is 11.0. The minimum atomic E-state index is -0.823. The lowest BCUT2D eigenvalue weighted by atomic mass is 9.95. The maximum Gasteiger partial charge on any atom is 0.338 e. The minimum Gasteiger partial charge on any atom is -0.494 e. The van der Waals surface area contributed by atoms with E-state index in [1.165, 1.54) is 23.0 Å². The van der Waals surface area contributed by atoms with Gasteiger partial charge in [-0.25, -0.2) is 19.3 Å². The Morgan fingerprint density at radius 3 is 2.35 bits per heavy atom. The van der Waals surface area contributed by atoms with Crippen molar-refractivity contribution in [3.63, 3.8) is 0 Å². The molecule has 48 heavy (non-hydrogen) atoms. The number of allylic oxidation sites excluding steroid dienone is 1. The second kappa shape index (κ2) is 14.1. The standard InChI is InChI=1S/C37H34N4O6S/c1-5-20-47-29-18-16-24(17-19-29)32-27(22-40(39-32)28-10-8-7-9-11-28)21-30-34(42)41-33(25-12-14-26(15-13-25)35(43)45-4)31(36(44)46-6-2)23(3)38-37(41)48-30/h7-19,21-22,33H,5-6,20H2,1-4H3. The van der Waals surface area contributed by atoms with Gasteiger partial charge in [0, 0.05) is 17.3 Å². The predicted molar refractivity (Wildman–Crippen MR) is 183 cm³/mol. The van der Waals surface area contributed by atoms with Gasteiger partial charge in [0.2, 0.25) is 0 Å². The fourth-order valence-electron chi connectivity index (χ4n) is 5.53. The quantitative estimate of drug-likeness (QED) is 0.188. The van der Waals surface area contributed by atoms with Crippen molar-refractivity contribution < 1.29 is 23.8 Å². The Labute approximate surface area is 280 Å². The molecule has 0 saturated carbocycles. The molecule has 0 aliphatic carbocycles. The summed E-state index contributed by atoms with van der Waals surface area (Å²) >= 11 is 1.23. The summed E-state index contributed by atoms with van der Waals surface area (Å²) in [7, 11) is 1.31. The number of nitrogens with zero attached hydrogens (tertiary/aromatic N) is 4. The molecule has 1 unspecified atom stereocenters. The van der Waals surface area contributed by atoms with Gasteiger partial charge in [0.25, 0.3) is 5.56 Å². The molecular weight excluding hydrogens is 628 g/mol. The molecule has 1 aliphatic rings. The van der Waals surface area contributed by atoms with Crippen LogP contribution in [0.25, 0.3) is 23.0 Å². The van der Waals surface area contributed by atoms with Gasteiger partial charge >= 0.3 is 11.9 Å². The first-order valence-electron chi connectivity index (χ1n) is 15.6. The number of carbonyl (C=O) groups excluding carboxylic acids is 2. The molecule has 1 atom stereocenters. The van der Waals surface area contributed by atoms with E-state index in [0.29, 0.717) is 38.5 Å². The maximum atomic E-state index is 14.3. The molecule has 0 N–H and O–H groups in total. The number of hydrogen-bond donors (Lipinski definition) is 0. The van der Waals surface area contributed by atoms with Crippen LogP contribution < -0.4 is 19.6 Å². The molecule has 11 heteroatoms. The van der Waals surface area contributed by atoms with Crippen LogP contribution in [-0.4, -0.2) is 46.6 Å². The lowest BCUT2D eigenvalue weighted by Gasteiger charge is -2.24. The molecule has 0 radical (unpaired) electrons. The number of esters is 2. The molecule has 3 aromatic carbocycles. The van der Waals surface area contributed by atoms with Gasteiger partial charge in [-0.1, -0.05) is 48.6 Å². The van der Waals surface area contributed by atoms with E-state index in [4.69, 9.17) is 19.3 Å². The maximum absolute atomic E-state index is 14.3. The van der Waals surface area contributed by atoms with Gasteiger partial charge in [-0.15, -0.1) is 0 Å². The van der Waals surface area contributed by atoms with Gasteiger partial charge < -0.3 is 14.2 Å². The Balaban J connectivity index is 1.51. The molecule has 10 nitrogen and oxygen atoms in total. The lowest BCUT2D eigenvalue weighted by Crippen LogP contribution is -2.40. The van der Waals surface area contributed by atoms with Crippen LogP contribution in [-0.2, 0) is 14.3 Å². The monoisotopic (exact) mass is 662 g/mol. The number of ether oxygens (including phenoxy) is 3. The molecule has 1 aliphatic heterocycles. The highest BCUT2D eigenvalue weighted by atomic mass is 32.1. The molecule has 0 amide bonds. The topological polar surface area (TPSA) is 114 Å². The van der Waals surface area contributed by atoms with Crippen LogP contribution in [0, 0.1) is 0 Å². The number of methoxy groups -OCH3 is 1. The van der Waals surface area contributed by atoms with Crippen LogP contribution in [0.1, 0.15) is 54.7 Å². The van der Waals surface area contributed by atoms with Crippen LogP contribution >= 0.6 is 11.3 Å².